The summed E-state index contributed by atoms with van der Waals surface area (Å²) in [6.45, 7) is 5.08. The summed E-state index contributed by atoms with van der Waals surface area (Å²) in [6.07, 6.45) is 1.77. The lowest BCUT2D eigenvalue weighted by molar-refractivity contribution is -0.148. The molecule has 0 saturated heterocycles. The minimum absolute atomic E-state index is 0.0850. The van der Waals surface area contributed by atoms with Crippen molar-refractivity contribution < 1.29 is 14.7 Å². The fourth-order valence-corrected chi connectivity index (χ4v) is 1.49. The van der Waals surface area contributed by atoms with Crippen molar-refractivity contribution in [3.63, 3.8) is 0 Å². The maximum Gasteiger partial charge on any atom is 0.309 e. The van der Waals surface area contributed by atoms with Gasteiger partial charge in [-0.2, -0.15) is 5.10 Å². The van der Waals surface area contributed by atoms with E-state index in [0.29, 0.717) is 5.82 Å². The molecule has 0 atom stereocenters. The second-order valence-corrected chi connectivity index (χ2v) is 4.94. The van der Waals surface area contributed by atoms with Gasteiger partial charge in [-0.15, -0.1) is 0 Å². The topological polar surface area (TPSA) is 95.1 Å². The van der Waals surface area contributed by atoms with Crippen molar-refractivity contribution >= 4 is 17.7 Å². The monoisotopic (exact) mass is 253 g/mol. The van der Waals surface area contributed by atoms with Gasteiger partial charge in [0.15, 0.2) is 5.82 Å². The molecule has 1 rings (SSSR count). The van der Waals surface area contributed by atoms with Crippen molar-refractivity contribution in [2.45, 2.75) is 40.0 Å². The zero-order valence-corrected chi connectivity index (χ0v) is 10.9. The molecule has 0 aromatic carbocycles. The van der Waals surface area contributed by atoms with Gasteiger partial charge in [-0.25, -0.2) is 0 Å². The van der Waals surface area contributed by atoms with Gasteiger partial charge in [-0.3, -0.25) is 14.7 Å². The number of aromatic amines is 1. The fraction of sp³-hybridized carbons (Fsp3) is 0.583. The maximum absolute atomic E-state index is 11.7. The molecule has 0 spiro atoms. The molecule has 0 unspecified atom stereocenters. The number of H-pyrrole nitrogens is 1. The number of hydrogen-bond acceptors (Lipinski definition) is 3. The predicted octanol–water partition coefficient (Wildman–Crippen LogP) is 1.80. The van der Waals surface area contributed by atoms with Crippen LogP contribution in [0.25, 0.3) is 0 Å². The minimum atomic E-state index is -1.08. The van der Waals surface area contributed by atoms with E-state index in [9.17, 15) is 9.59 Å². The van der Waals surface area contributed by atoms with Gasteiger partial charge >= 0.3 is 5.97 Å². The van der Waals surface area contributed by atoms with Crippen LogP contribution in [-0.2, 0) is 16.0 Å². The van der Waals surface area contributed by atoms with E-state index < -0.39 is 11.4 Å². The number of carbonyl (C=O) groups excluding carboxylic acids is 1. The highest BCUT2D eigenvalue weighted by atomic mass is 16.4. The first kappa shape index (κ1) is 14.2. The number of nitrogens with one attached hydrogen (secondary N) is 2. The van der Waals surface area contributed by atoms with Crippen molar-refractivity contribution in [3.05, 3.63) is 11.8 Å². The zero-order valence-electron chi connectivity index (χ0n) is 10.9. The van der Waals surface area contributed by atoms with Gasteiger partial charge < -0.3 is 10.4 Å². The smallest absolute Gasteiger partial charge is 0.309 e. The minimum Gasteiger partial charge on any atom is -0.481 e. The van der Waals surface area contributed by atoms with Crippen LogP contribution in [0.1, 0.15) is 39.3 Å². The molecule has 1 heterocycles. The molecular formula is C12H19N3O3. The summed E-state index contributed by atoms with van der Waals surface area (Å²) in [5.41, 5.74) is -0.127. The third-order valence-electron chi connectivity index (χ3n) is 2.60. The Labute approximate surface area is 106 Å². The van der Waals surface area contributed by atoms with E-state index in [1.54, 1.807) is 6.07 Å². The number of nitrogens with zero attached hydrogens (tertiary/aromatic N) is 1. The van der Waals surface area contributed by atoms with Gasteiger partial charge in [0.2, 0.25) is 5.91 Å². The van der Waals surface area contributed by atoms with Gasteiger partial charge in [0.1, 0.15) is 0 Å². The Hall–Kier alpha value is -1.85. The molecule has 1 amide bonds. The van der Waals surface area contributed by atoms with Crippen LogP contribution >= 0.6 is 0 Å². The Kier molecular flexibility index (Phi) is 4.47. The Morgan fingerprint density at radius 2 is 2.17 bits per heavy atom. The lowest BCUT2D eigenvalue weighted by Gasteiger charge is -2.17. The van der Waals surface area contributed by atoms with Crippen LogP contribution in [0.2, 0.25) is 0 Å². The number of carboxylic acid groups (broad SMARTS) is 1. The summed E-state index contributed by atoms with van der Waals surface area (Å²) in [5, 5.41) is 18.3. The largest absolute Gasteiger partial charge is 0.481 e. The summed E-state index contributed by atoms with van der Waals surface area (Å²) in [4.78, 5) is 22.6. The van der Waals surface area contributed by atoms with Crippen molar-refractivity contribution in [1.82, 2.24) is 10.2 Å². The SMILES string of the molecule is CCCc1cc(NC(=O)CC(C)(C)C(=O)O)n[nH]1. The highest BCUT2D eigenvalue weighted by Crippen LogP contribution is 2.21. The van der Waals surface area contributed by atoms with Crippen LogP contribution in [-0.4, -0.2) is 27.2 Å². The molecule has 6 nitrogen and oxygen atoms in total. The Bertz CT molecular complexity index is 438. The lowest BCUT2D eigenvalue weighted by atomic mass is 9.89. The van der Waals surface area contributed by atoms with E-state index in [2.05, 4.69) is 22.4 Å². The summed E-state index contributed by atoms with van der Waals surface area (Å²) < 4.78 is 0. The van der Waals surface area contributed by atoms with Crippen LogP contribution in [0, 0.1) is 5.41 Å². The van der Waals surface area contributed by atoms with E-state index >= 15 is 0 Å². The number of carboxylic acids is 1. The van der Waals surface area contributed by atoms with Crippen LogP contribution in [0.3, 0.4) is 0 Å². The molecule has 0 bridgehead atoms. The number of hydrogen-bond donors (Lipinski definition) is 3. The molecule has 0 aliphatic carbocycles. The third kappa shape index (κ3) is 3.87. The molecule has 0 saturated carbocycles. The van der Waals surface area contributed by atoms with Crippen molar-refractivity contribution in [2.24, 2.45) is 5.41 Å². The summed E-state index contributed by atoms with van der Waals surface area (Å²) >= 11 is 0. The number of aliphatic carboxylic acids is 1. The standard InChI is InChI=1S/C12H19N3O3/c1-4-5-8-6-9(15-14-8)13-10(16)7-12(2,3)11(17)18/h6H,4-5,7H2,1-3H3,(H,17,18)(H2,13,14,15,16). The Balaban J connectivity index is 2.56. The molecule has 1 aromatic rings. The lowest BCUT2D eigenvalue weighted by Crippen LogP contribution is -2.29. The second kappa shape index (κ2) is 5.66. The average molecular weight is 253 g/mol. The summed E-state index contributed by atoms with van der Waals surface area (Å²) in [5.74, 6) is -0.909. The highest BCUT2D eigenvalue weighted by Gasteiger charge is 2.30. The normalized spacial score (nSPS) is 11.3. The first-order chi connectivity index (χ1) is 8.35. The molecule has 0 aliphatic rings. The van der Waals surface area contributed by atoms with Crippen molar-refractivity contribution in [3.8, 4) is 0 Å². The number of rotatable bonds is 6. The van der Waals surface area contributed by atoms with Crippen molar-refractivity contribution in [1.29, 1.82) is 0 Å². The molecule has 100 valence electrons. The summed E-state index contributed by atoms with van der Waals surface area (Å²) in [6, 6.07) is 1.76. The highest BCUT2D eigenvalue weighted by molar-refractivity contribution is 5.93. The molecule has 1 aromatic heterocycles. The molecule has 3 N–H and O–H groups in total. The predicted molar refractivity (Wildman–Crippen MR) is 67.2 cm³/mol. The first-order valence-electron chi connectivity index (χ1n) is 5.92. The number of anilines is 1. The Morgan fingerprint density at radius 1 is 1.50 bits per heavy atom. The van der Waals surface area contributed by atoms with Gasteiger partial charge in [0.05, 0.1) is 5.41 Å². The van der Waals surface area contributed by atoms with E-state index in [1.807, 2.05) is 0 Å². The van der Waals surface area contributed by atoms with E-state index in [-0.39, 0.29) is 12.3 Å². The van der Waals surface area contributed by atoms with Gasteiger partial charge in [-0.1, -0.05) is 13.3 Å². The second-order valence-electron chi connectivity index (χ2n) is 4.94. The average Bonchev–Trinajstić information content (AvgIpc) is 2.64. The third-order valence-corrected chi connectivity index (χ3v) is 2.60. The fourth-order valence-electron chi connectivity index (χ4n) is 1.49. The van der Waals surface area contributed by atoms with Crippen LogP contribution in [0.4, 0.5) is 5.82 Å². The molecule has 0 fully saturated rings. The molecule has 18 heavy (non-hydrogen) atoms. The number of amides is 1. The zero-order chi connectivity index (χ0) is 13.8. The van der Waals surface area contributed by atoms with Crippen LogP contribution in [0.5, 0.6) is 0 Å². The van der Waals surface area contributed by atoms with Crippen LogP contribution in [0.15, 0.2) is 6.07 Å². The molecular weight excluding hydrogens is 234 g/mol. The van der Waals surface area contributed by atoms with Gasteiger partial charge in [0.25, 0.3) is 0 Å². The molecule has 0 radical (unpaired) electrons. The van der Waals surface area contributed by atoms with Gasteiger partial charge in [-0.05, 0) is 20.3 Å². The van der Waals surface area contributed by atoms with Gasteiger partial charge in [0, 0.05) is 18.2 Å². The van der Waals surface area contributed by atoms with Crippen LogP contribution < -0.4 is 5.32 Å². The van der Waals surface area contributed by atoms with E-state index in [0.717, 1.165) is 18.5 Å². The van der Waals surface area contributed by atoms with Crippen molar-refractivity contribution in [2.75, 3.05) is 5.32 Å². The summed E-state index contributed by atoms with van der Waals surface area (Å²) in [7, 11) is 0. The molecule has 0 aliphatic heterocycles. The number of aryl methyl sites for hydroxylation is 1. The first-order valence-corrected chi connectivity index (χ1v) is 5.92. The van der Waals surface area contributed by atoms with E-state index in [1.165, 1.54) is 13.8 Å². The number of carbonyl (C=O) groups is 2. The quantitative estimate of drug-likeness (QED) is 0.720. The maximum atomic E-state index is 11.7. The molecule has 6 heteroatoms. The Morgan fingerprint density at radius 3 is 2.72 bits per heavy atom. The number of aromatic nitrogens is 2. The van der Waals surface area contributed by atoms with E-state index in [4.69, 9.17) is 5.11 Å².